The number of carbonyl (C=O) groups is 1. The summed E-state index contributed by atoms with van der Waals surface area (Å²) in [5.74, 6) is 0.284. The first-order chi connectivity index (χ1) is 9.25. The first-order valence-corrected chi connectivity index (χ1v) is 6.47. The number of aromatic nitrogens is 1. The van der Waals surface area contributed by atoms with Gasteiger partial charge >= 0.3 is 0 Å². The normalized spacial score (nSPS) is 11.8. The van der Waals surface area contributed by atoms with Crippen molar-refractivity contribution in [2.24, 2.45) is 0 Å². The van der Waals surface area contributed by atoms with Crippen LogP contribution in [0.3, 0.4) is 0 Å². The molecule has 1 aromatic heterocycles. The van der Waals surface area contributed by atoms with Crippen molar-refractivity contribution in [2.45, 2.75) is 25.8 Å². The van der Waals surface area contributed by atoms with Crippen LogP contribution < -0.4 is 5.32 Å². The number of pyridine rings is 1. The van der Waals surface area contributed by atoms with E-state index in [1.165, 1.54) is 5.56 Å². The summed E-state index contributed by atoms with van der Waals surface area (Å²) in [6, 6.07) is 15.8. The van der Waals surface area contributed by atoms with Crippen LogP contribution >= 0.6 is 0 Å². The van der Waals surface area contributed by atoms with Crippen LogP contribution in [0.1, 0.15) is 30.5 Å². The van der Waals surface area contributed by atoms with Gasteiger partial charge in [-0.05, 0) is 23.6 Å². The van der Waals surface area contributed by atoms with Crippen LogP contribution in [0, 0.1) is 0 Å². The Balaban J connectivity index is 1.82. The lowest BCUT2D eigenvalue weighted by molar-refractivity contribution is -0.121. The Bertz CT molecular complexity index is 511. The van der Waals surface area contributed by atoms with Crippen LogP contribution in [0.15, 0.2) is 54.7 Å². The topological polar surface area (TPSA) is 42.0 Å². The standard InChI is InChI=1S/C16H18N2O/c1-13(14-7-3-2-4-8-14)11-16(19)18-12-15-9-5-6-10-17-15/h2-10,13H,11-12H2,1H3,(H,18,19). The van der Waals surface area contributed by atoms with Gasteiger partial charge in [0.2, 0.25) is 5.91 Å². The summed E-state index contributed by atoms with van der Waals surface area (Å²) in [5, 5.41) is 2.90. The number of nitrogens with one attached hydrogen (secondary N) is 1. The molecule has 0 bridgehead atoms. The Morgan fingerprint density at radius 2 is 1.89 bits per heavy atom. The van der Waals surface area contributed by atoms with Gasteiger partial charge in [-0.1, -0.05) is 43.3 Å². The molecule has 0 saturated carbocycles. The predicted molar refractivity (Wildman–Crippen MR) is 75.6 cm³/mol. The molecule has 0 fully saturated rings. The molecule has 98 valence electrons. The van der Waals surface area contributed by atoms with Crippen molar-refractivity contribution < 1.29 is 4.79 Å². The summed E-state index contributed by atoms with van der Waals surface area (Å²) in [4.78, 5) is 16.0. The molecule has 1 N–H and O–H groups in total. The van der Waals surface area contributed by atoms with Crippen LogP contribution in [0.25, 0.3) is 0 Å². The highest BCUT2D eigenvalue weighted by molar-refractivity contribution is 5.76. The number of nitrogens with zero attached hydrogens (tertiary/aromatic N) is 1. The third-order valence-corrected chi connectivity index (χ3v) is 3.05. The van der Waals surface area contributed by atoms with Crippen molar-refractivity contribution in [3.63, 3.8) is 0 Å². The lowest BCUT2D eigenvalue weighted by Crippen LogP contribution is -2.24. The van der Waals surface area contributed by atoms with Crippen molar-refractivity contribution in [3.8, 4) is 0 Å². The van der Waals surface area contributed by atoms with E-state index in [0.29, 0.717) is 13.0 Å². The van der Waals surface area contributed by atoms with E-state index in [2.05, 4.69) is 29.4 Å². The van der Waals surface area contributed by atoms with Gasteiger partial charge in [0.1, 0.15) is 0 Å². The Kier molecular flexibility index (Phi) is 4.67. The molecule has 1 unspecified atom stereocenters. The molecule has 2 rings (SSSR count). The molecule has 2 aromatic rings. The molecule has 0 aliphatic rings. The quantitative estimate of drug-likeness (QED) is 0.891. The summed E-state index contributed by atoms with van der Waals surface area (Å²) in [5.41, 5.74) is 2.07. The van der Waals surface area contributed by atoms with E-state index in [4.69, 9.17) is 0 Å². The average molecular weight is 254 g/mol. The van der Waals surface area contributed by atoms with Gasteiger partial charge in [0.25, 0.3) is 0 Å². The van der Waals surface area contributed by atoms with Gasteiger partial charge in [-0.3, -0.25) is 9.78 Å². The van der Waals surface area contributed by atoms with Crippen LogP contribution in [0.4, 0.5) is 0 Å². The van der Waals surface area contributed by atoms with Crippen LogP contribution in [-0.4, -0.2) is 10.9 Å². The zero-order valence-corrected chi connectivity index (χ0v) is 11.0. The van der Waals surface area contributed by atoms with Crippen molar-refractivity contribution in [1.29, 1.82) is 0 Å². The predicted octanol–water partition coefficient (Wildman–Crippen LogP) is 2.89. The van der Waals surface area contributed by atoms with Gasteiger partial charge in [-0.25, -0.2) is 0 Å². The largest absolute Gasteiger partial charge is 0.350 e. The minimum absolute atomic E-state index is 0.0574. The lowest BCUT2D eigenvalue weighted by Gasteiger charge is -2.11. The highest BCUT2D eigenvalue weighted by Crippen LogP contribution is 2.17. The second-order valence-corrected chi connectivity index (χ2v) is 4.61. The van der Waals surface area contributed by atoms with E-state index in [1.807, 2.05) is 36.4 Å². The smallest absolute Gasteiger partial charge is 0.220 e. The van der Waals surface area contributed by atoms with E-state index in [0.717, 1.165) is 5.69 Å². The average Bonchev–Trinajstić information content (AvgIpc) is 2.47. The molecule has 19 heavy (non-hydrogen) atoms. The molecule has 0 radical (unpaired) electrons. The number of carbonyl (C=O) groups excluding carboxylic acids is 1. The fourth-order valence-corrected chi connectivity index (χ4v) is 1.94. The van der Waals surface area contributed by atoms with Gasteiger partial charge < -0.3 is 5.32 Å². The van der Waals surface area contributed by atoms with E-state index in [1.54, 1.807) is 6.20 Å². The summed E-state index contributed by atoms with van der Waals surface area (Å²) in [7, 11) is 0. The van der Waals surface area contributed by atoms with Gasteiger partial charge in [0.05, 0.1) is 12.2 Å². The molecular formula is C16H18N2O. The van der Waals surface area contributed by atoms with Crippen LogP contribution in [0.2, 0.25) is 0 Å². The van der Waals surface area contributed by atoms with E-state index < -0.39 is 0 Å². The summed E-state index contributed by atoms with van der Waals surface area (Å²) in [6.07, 6.45) is 2.23. The number of amides is 1. The molecule has 1 aromatic carbocycles. The van der Waals surface area contributed by atoms with Gasteiger partial charge in [-0.2, -0.15) is 0 Å². The first-order valence-electron chi connectivity index (χ1n) is 6.47. The van der Waals surface area contributed by atoms with Crippen molar-refractivity contribution in [1.82, 2.24) is 10.3 Å². The number of rotatable bonds is 5. The molecule has 1 atom stereocenters. The van der Waals surface area contributed by atoms with Crippen LogP contribution in [-0.2, 0) is 11.3 Å². The molecule has 3 heteroatoms. The summed E-state index contributed by atoms with van der Waals surface area (Å²) in [6.45, 7) is 2.55. The molecule has 1 amide bonds. The molecular weight excluding hydrogens is 236 g/mol. The Hall–Kier alpha value is -2.16. The third-order valence-electron chi connectivity index (χ3n) is 3.05. The second-order valence-electron chi connectivity index (χ2n) is 4.61. The minimum Gasteiger partial charge on any atom is -0.350 e. The van der Waals surface area contributed by atoms with Crippen molar-refractivity contribution >= 4 is 5.91 Å². The van der Waals surface area contributed by atoms with Crippen LogP contribution in [0.5, 0.6) is 0 Å². The minimum atomic E-state index is 0.0574. The lowest BCUT2D eigenvalue weighted by atomic mass is 9.97. The van der Waals surface area contributed by atoms with Crippen molar-refractivity contribution in [3.05, 3.63) is 66.0 Å². The highest BCUT2D eigenvalue weighted by atomic mass is 16.1. The maximum atomic E-state index is 11.9. The SMILES string of the molecule is CC(CC(=O)NCc1ccccn1)c1ccccc1. The van der Waals surface area contributed by atoms with Gasteiger partial charge in [0, 0.05) is 12.6 Å². The monoisotopic (exact) mass is 254 g/mol. The fourth-order valence-electron chi connectivity index (χ4n) is 1.94. The number of hydrogen-bond acceptors (Lipinski definition) is 2. The molecule has 0 spiro atoms. The molecule has 3 nitrogen and oxygen atoms in total. The number of benzene rings is 1. The van der Waals surface area contributed by atoms with Crippen molar-refractivity contribution in [2.75, 3.05) is 0 Å². The van der Waals surface area contributed by atoms with Gasteiger partial charge in [-0.15, -0.1) is 0 Å². The molecule has 1 heterocycles. The van der Waals surface area contributed by atoms with E-state index in [9.17, 15) is 4.79 Å². The van der Waals surface area contributed by atoms with E-state index in [-0.39, 0.29) is 11.8 Å². The second kappa shape index (κ2) is 6.69. The first kappa shape index (κ1) is 13.3. The maximum Gasteiger partial charge on any atom is 0.220 e. The Morgan fingerprint density at radius 1 is 1.16 bits per heavy atom. The zero-order valence-electron chi connectivity index (χ0n) is 11.0. The zero-order chi connectivity index (χ0) is 13.5. The summed E-state index contributed by atoms with van der Waals surface area (Å²) >= 11 is 0. The highest BCUT2D eigenvalue weighted by Gasteiger charge is 2.10. The Labute approximate surface area is 113 Å². The molecule has 0 aliphatic carbocycles. The van der Waals surface area contributed by atoms with Gasteiger partial charge in [0.15, 0.2) is 0 Å². The third kappa shape index (κ3) is 4.21. The Morgan fingerprint density at radius 3 is 2.58 bits per heavy atom. The maximum absolute atomic E-state index is 11.9. The van der Waals surface area contributed by atoms with E-state index >= 15 is 0 Å². The molecule has 0 saturated heterocycles. The molecule has 0 aliphatic heterocycles. The number of hydrogen-bond donors (Lipinski definition) is 1. The summed E-state index contributed by atoms with van der Waals surface area (Å²) < 4.78 is 0. The fraction of sp³-hybridized carbons (Fsp3) is 0.250.